The molecule has 0 saturated carbocycles. The number of piperazine rings is 1. The molecule has 1 aliphatic heterocycles. The SMILES string of the molecule is O=C(CCc1cccnc1)Cc1ccc(NS(=O)(=O)c2cc(C(F)(F)F)ccc2-c2cccc(N3CCNCC3)c2)cc1. The molecule has 43 heavy (non-hydrogen) atoms. The van der Waals surface area contributed by atoms with Crippen LogP contribution in [0.15, 0.2) is 96.2 Å². The van der Waals surface area contributed by atoms with E-state index in [1.54, 1.807) is 42.7 Å². The quantitative estimate of drug-likeness (QED) is 0.239. The predicted molar refractivity (Wildman–Crippen MR) is 160 cm³/mol. The average Bonchev–Trinajstić information content (AvgIpc) is 3.01. The number of carbonyl (C=O) groups excluding carboxylic acids is 1. The maximum absolute atomic E-state index is 13.7. The van der Waals surface area contributed by atoms with Crippen LogP contribution in [0.2, 0.25) is 0 Å². The molecule has 0 aliphatic carbocycles. The topological polar surface area (TPSA) is 91.4 Å². The predicted octanol–water partition coefficient (Wildman–Crippen LogP) is 5.72. The van der Waals surface area contributed by atoms with E-state index in [2.05, 4.69) is 19.9 Å². The van der Waals surface area contributed by atoms with Gasteiger partial charge >= 0.3 is 6.18 Å². The van der Waals surface area contributed by atoms with E-state index in [1.165, 1.54) is 18.2 Å². The molecule has 0 unspecified atom stereocenters. The molecule has 7 nitrogen and oxygen atoms in total. The Morgan fingerprint density at radius 3 is 2.40 bits per heavy atom. The zero-order valence-corrected chi connectivity index (χ0v) is 24.1. The van der Waals surface area contributed by atoms with Crippen molar-refractivity contribution in [2.75, 3.05) is 35.8 Å². The van der Waals surface area contributed by atoms with Gasteiger partial charge in [-0.2, -0.15) is 13.2 Å². The molecule has 224 valence electrons. The molecule has 4 aromatic rings. The summed E-state index contributed by atoms with van der Waals surface area (Å²) >= 11 is 0. The minimum Gasteiger partial charge on any atom is -0.369 e. The van der Waals surface area contributed by atoms with Crippen molar-refractivity contribution in [2.24, 2.45) is 0 Å². The number of anilines is 2. The van der Waals surface area contributed by atoms with Crippen LogP contribution in [0.25, 0.3) is 11.1 Å². The highest BCUT2D eigenvalue weighted by Gasteiger charge is 2.33. The van der Waals surface area contributed by atoms with E-state index < -0.39 is 26.7 Å². The summed E-state index contributed by atoms with van der Waals surface area (Å²) in [6.45, 7) is 3.11. The Hall–Kier alpha value is -4.22. The van der Waals surface area contributed by atoms with Gasteiger partial charge in [0.2, 0.25) is 0 Å². The summed E-state index contributed by atoms with van der Waals surface area (Å²) < 4.78 is 70.6. The number of hydrogen-bond acceptors (Lipinski definition) is 6. The van der Waals surface area contributed by atoms with Crippen LogP contribution in [0.4, 0.5) is 24.5 Å². The van der Waals surface area contributed by atoms with Gasteiger partial charge in [0.1, 0.15) is 5.78 Å². The average molecular weight is 609 g/mol. The highest BCUT2D eigenvalue weighted by atomic mass is 32.2. The first-order valence-electron chi connectivity index (χ1n) is 13.9. The number of ketones is 1. The molecule has 1 aromatic heterocycles. The summed E-state index contributed by atoms with van der Waals surface area (Å²) in [5.74, 6) is 0.0221. The second-order valence-electron chi connectivity index (χ2n) is 10.4. The lowest BCUT2D eigenvalue weighted by molar-refractivity contribution is -0.137. The van der Waals surface area contributed by atoms with Crippen LogP contribution in [0.1, 0.15) is 23.1 Å². The van der Waals surface area contributed by atoms with Gasteiger partial charge in [0.25, 0.3) is 10.0 Å². The van der Waals surface area contributed by atoms with Crippen LogP contribution in [-0.4, -0.2) is 45.4 Å². The molecule has 1 aliphatic rings. The molecule has 0 bridgehead atoms. The Morgan fingerprint density at radius 2 is 1.70 bits per heavy atom. The second-order valence-corrected chi connectivity index (χ2v) is 12.0. The van der Waals surface area contributed by atoms with Gasteiger partial charge in [-0.25, -0.2) is 8.42 Å². The number of sulfonamides is 1. The van der Waals surface area contributed by atoms with E-state index >= 15 is 0 Å². The molecule has 0 radical (unpaired) electrons. The standard InChI is InChI=1S/C32H31F3N4O3S/c33-32(34,35)26-9-13-30(25-4-1-5-28(20-25)39-17-15-36-16-18-39)31(21-26)43(41,42)38-27-10-6-23(7-11-27)19-29(40)12-8-24-3-2-14-37-22-24/h1-7,9-11,13-14,20-22,36,38H,8,12,15-19H2. The van der Waals surface area contributed by atoms with Gasteiger partial charge in [0, 0.05) is 68.4 Å². The minimum absolute atomic E-state index is 0.0221. The Labute approximate surface area is 248 Å². The molecule has 1 saturated heterocycles. The lowest BCUT2D eigenvalue weighted by Crippen LogP contribution is -2.43. The molecule has 5 rings (SSSR count). The molecule has 0 amide bonds. The summed E-state index contributed by atoms with van der Waals surface area (Å²) in [5.41, 5.74) is 2.28. The lowest BCUT2D eigenvalue weighted by Gasteiger charge is -2.29. The molecule has 1 fully saturated rings. The number of aromatic nitrogens is 1. The Bertz CT molecular complexity index is 1670. The number of Topliss-reactive ketones (excluding diaryl/α,β-unsaturated/α-hetero) is 1. The maximum atomic E-state index is 13.7. The Kier molecular flexibility index (Phi) is 9.12. The third-order valence-corrected chi connectivity index (χ3v) is 8.68. The van der Waals surface area contributed by atoms with Crippen LogP contribution in [0.3, 0.4) is 0 Å². The number of carbonyl (C=O) groups is 1. The van der Waals surface area contributed by atoms with E-state index in [0.29, 0.717) is 30.0 Å². The van der Waals surface area contributed by atoms with Crippen LogP contribution < -0.4 is 14.9 Å². The van der Waals surface area contributed by atoms with Crippen LogP contribution in [0.5, 0.6) is 0 Å². The van der Waals surface area contributed by atoms with Crippen molar-refractivity contribution in [1.82, 2.24) is 10.3 Å². The first kappa shape index (κ1) is 30.2. The number of alkyl halides is 3. The van der Waals surface area contributed by atoms with E-state index in [1.807, 2.05) is 18.2 Å². The Morgan fingerprint density at radius 1 is 0.930 bits per heavy atom. The van der Waals surface area contributed by atoms with Crippen molar-refractivity contribution < 1.29 is 26.4 Å². The van der Waals surface area contributed by atoms with E-state index in [0.717, 1.165) is 43.5 Å². The summed E-state index contributed by atoms with van der Waals surface area (Å²) in [6, 6.07) is 19.9. The van der Waals surface area contributed by atoms with Crippen molar-refractivity contribution in [3.05, 3.63) is 108 Å². The van der Waals surface area contributed by atoms with Gasteiger partial charge in [-0.05, 0) is 65.6 Å². The fraction of sp³-hybridized carbons (Fsp3) is 0.250. The molecule has 2 N–H and O–H groups in total. The Balaban J connectivity index is 1.36. The highest BCUT2D eigenvalue weighted by Crippen LogP contribution is 2.37. The van der Waals surface area contributed by atoms with Crippen molar-refractivity contribution in [2.45, 2.75) is 30.3 Å². The van der Waals surface area contributed by atoms with E-state index in [4.69, 9.17) is 0 Å². The molecule has 3 aromatic carbocycles. The number of rotatable bonds is 10. The molecule has 0 atom stereocenters. The molecule has 11 heteroatoms. The number of nitrogens with zero attached hydrogens (tertiary/aromatic N) is 2. The number of aryl methyl sites for hydroxylation is 1. The molecular weight excluding hydrogens is 577 g/mol. The first-order chi connectivity index (χ1) is 20.6. The smallest absolute Gasteiger partial charge is 0.369 e. The van der Waals surface area contributed by atoms with Gasteiger partial charge in [0.05, 0.1) is 10.5 Å². The number of pyridine rings is 1. The zero-order chi connectivity index (χ0) is 30.5. The van der Waals surface area contributed by atoms with Gasteiger partial charge < -0.3 is 10.2 Å². The zero-order valence-electron chi connectivity index (χ0n) is 23.3. The lowest BCUT2D eigenvalue weighted by atomic mass is 10.0. The summed E-state index contributed by atoms with van der Waals surface area (Å²) in [4.78, 5) is 18.2. The number of hydrogen-bond donors (Lipinski definition) is 2. The fourth-order valence-electron chi connectivity index (χ4n) is 5.00. The van der Waals surface area contributed by atoms with Crippen molar-refractivity contribution >= 4 is 27.2 Å². The third-order valence-electron chi connectivity index (χ3n) is 7.26. The minimum atomic E-state index is -4.73. The van der Waals surface area contributed by atoms with Crippen molar-refractivity contribution in [3.8, 4) is 11.1 Å². The van der Waals surface area contributed by atoms with Crippen molar-refractivity contribution in [3.63, 3.8) is 0 Å². The number of nitrogens with one attached hydrogen (secondary N) is 2. The summed E-state index contributed by atoms with van der Waals surface area (Å²) in [6.07, 6.45) is -0.254. The van der Waals surface area contributed by atoms with Crippen LogP contribution >= 0.6 is 0 Å². The summed E-state index contributed by atoms with van der Waals surface area (Å²) in [7, 11) is -4.43. The van der Waals surface area contributed by atoms with E-state index in [9.17, 15) is 26.4 Å². The highest BCUT2D eigenvalue weighted by molar-refractivity contribution is 7.92. The van der Waals surface area contributed by atoms with Gasteiger partial charge in [-0.3, -0.25) is 14.5 Å². The van der Waals surface area contributed by atoms with Gasteiger partial charge in [0.15, 0.2) is 0 Å². The molecule has 0 spiro atoms. The first-order valence-corrected chi connectivity index (χ1v) is 15.4. The number of benzene rings is 3. The largest absolute Gasteiger partial charge is 0.416 e. The third kappa shape index (κ3) is 7.79. The summed E-state index contributed by atoms with van der Waals surface area (Å²) in [5, 5.41) is 3.27. The molecule has 2 heterocycles. The fourth-order valence-corrected chi connectivity index (χ4v) is 6.31. The normalized spacial score (nSPS) is 14.0. The van der Waals surface area contributed by atoms with Crippen LogP contribution in [0, 0.1) is 0 Å². The number of halogens is 3. The maximum Gasteiger partial charge on any atom is 0.416 e. The van der Waals surface area contributed by atoms with Crippen molar-refractivity contribution in [1.29, 1.82) is 0 Å². The van der Waals surface area contributed by atoms with E-state index in [-0.39, 0.29) is 23.5 Å². The second kappa shape index (κ2) is 13.0. The van der Waals surface area contributed by atoms with Gasteiger partial charge in [-0.1, -0.05) is 36.4 Å². The van der Waals surface area contributed by atoms with Crippen LogP contribution in [-0.2, 0) is 33.8 Å². The monoisotopic (exact) mass is 608 g/mol. The molecular formula is C32H31F3N4O3S. The van der Waals surface area contributed by atoms with Gasteiger partial charge in [-0.15, -0.1) is 0 Å².